The molecule has 0 bridgehead atoms. The summed E-state index contributed by atoms with van der Waals surface area (Å²) in [6, 6.07) is 1.96. The molecule has 1 atom stereocenters. The van der Waals surface area contributed by atoms with Gasteiger partial charge < -0.3 is 5.11 Å². The van der Waals surface area contributed by atoms with E-state index in [1.165, 1.54) is 6.92 Å². The van der Waals surface area contributed by atoms with Gasteiger partial charge in [0, 0.05) is 13.1 Å². The number of alkyl halides is 3. The highest BCUT2D eigenvalue weighted by Gasteiger charge is 2.45. The number of hydrogen-bond donors (Lipinski definition) is 1. The highest BCUT2D eigenvalue weighted by Crippen LogP contribution is 2.37. The van der Waals surface area contributed by atoms with Crippen LogP contribution in [-0.4, -0.2) is 36.9 Å². The molecule has 128 valence electrons. The molecule has 0 spiro atoms. The zero-order valence-electron chi connectivity index (χ0n) is 11.9. The van der Waals surface area contributed by atoms with Crippen molar-refractivity contribution < 1.29 is 31.5 Å². The van der Waals surface area contributed by atoms with Crippen molar-refractivity contribution >= 4 is 27.6 Å². The summed E-state index contributed by atoms with van der Waals surface area (Å²) < 4.78 is 63.7. The van der Waals surface area contributed by atoms with Crippen molar-refractivity contribution in [1.82, 2.24) is 4.31 Å². The van der Waals surface area contributed by atoms with E-state index in [1.54, 1.807) is 0 Å². The highest BCUT2D eigenvalue weighted by atomic mass is 35.5. The average molecular weight is 372 g/mol. The third kappa shape index (κ3) is 3.31. The maximum absolute atomic E-state index is 12.6. The summed E-state index contributed by atoms with van der Waals surface area (Å²) in [7, 11) is -4.17. The fourth-order valence-corrected chi connectivity index (χ4v) is 4.41. The number of hydrogen-bond acceptors (Lipinski definition) is 3. The molecule has 5 nitrogen and oxygen atoms in total. The Balaban J connectivity index is 2.37. The van der Waals surface area contributed by atoms with Crippen LogP contribution in [0.5, 0.6) is 0 Å². The third-order valence-electron chi connectivity index (χ3n) is 3.83. The Morgan fingerprint density at radius 3 is 2.43 bits per heavy atom. The Bertz CT molecular complexity index is 750. The van der Waals surface area contributed by atoms with Gasteiger partial charge in [-0.25, -0.2) is 8.42 Å². The van der Waals surface area contributed by atoms with E-state index in [-0.39, 0.29) is 19.5 Å². The molecule has 1 aliphatic heterocycles. The van der Waals surface area contributed by atoms with E-state index < -0.39 is 43.1 Å². The molecule has 1 heterocycles. The van der Waals surface area contributed by atoms with Crippen molar-refractivity contribution in [2.75, 3.05) is 13.1 Å². The van der Waals surface area contributed by atoms with Gasteiger partial charge in [0.25, 0.3) is 0 Å². The number of carbonyl (C=O) groups is 1. The Kier molecular flexibility index (Phi) is 4.42. The molecular formula is C13H13ClF3NO4S. The molecule has 10 heteroatoms. The maximum Gasteiger partial charge on any atom is 0.416 e. The second kappa shape index (κ2) is 5.64. The fraction of sp³-hybridized carbons (Fsp3) is 0.462. The smallest absolute Gasteiger partial charge is 0.416 e. The molecule has 1 N–H and O–H groups in total. The van der Waals surface area contributed by atoms with E-state index in [9.17, 15) is 26.4 Å². The lowest BCUT2D eigenvalue weighted by atomic mass is 9.90. The maximum atomic E-state index is 12.6. The molecule has 0 aliphatic carbocycles. The van der Waals surface area contributed by atoms with Crippen LogP contribution in [0.2, 0.25) is 5.02 Å². The first-order valence-electron chi connectivity index (χ1n) is 6.48. The first-order chi connectivity index (χ1) is 10.4. The van der Waals surface area contributed by atoms with Crippen LogP contribution < -0.4 is 0 Å². The molecule has 0 radical (unpaired) electrons. The summed E-state index contributed by atoms with van der Waals surface area (Å²) in [5.74, 6) is -1.13. The summed E-state index contributed by atoms with van der Waals surface area (Å²) >= 11 is 5.71. The zero-order valence-corrected chi connectivity index (χ0v) is 13.5. The lowest BCUT2D eigenvalue weighted by molar-refractivity contribution is -0.147. The Morgan fingerprint density at radius 2 is 2.00 bits per heavy atom. The molecule has 2 rings (SSSR count). The number of benzene rings is 1. The van der Waals surface area contributed by atoms with Crippen LogP contribution in [0.15, 0.2) is 23.1 Å². The number of carboxylic acids is 1. The van der Waals surface area contributed by atoms with Crippen LogP contribution in [-0.2, 0) is 21.0 Å². The van der Waals surface area contributed by atoms with Gasteiger partial charge in [-0.05, 0) is 31.5 Å². The Labute approximate surface area is 135 Å². The van der Waals surface area contributed by atoms with E-state index in [0.29, 0.717) is 12.1 Å². The van der Waals surface area contributed by atoms with Crippen LogP contribution >= 0.6 is 11.6 Å². The summed E-state index contributed by atoms with van der Waals surface area (Å²) in [6.45, 7) is 1.11. The summed E-state index contributed by atoms with van der Waals surface area (Å²) in [6.07, 6.45) is -4.53. The van der Waals surface area contributed by atoms with E-state index in [4.69, 9.17) is 16.7 Å². The molecule has 1 unspecified atom stereocenters. The van der Waals surface area contributed by atoms with E-state index >= 15 is 0 Å². The van der Waals surface area contributed by atoms with Crippen LogP contribution in [0.1, 0.15) is 18.9 Å². The largest absolute Gasteiger partial charge is 0.481 e. The number of rotatable bonds is 3. The number of carboxylic acid groups (broad SMARTS) is 1. The molecule has 0 aromatic heterocycles. The molecule has 1 fully saturated rings. The summed E-state index contributed by atoms with van der Waals surface area (Å²) in [4.78, 5) is 10.7. The van der Waals surface area contributed by atoms with E-state index in [0.717, 1.165) is 10.4 Å². The zero-order chi connectivity index (χ0) is 17.6. The number of halogens is 4. The predicted octanol–water partition coefficient (Wildman–Crippen LogP) is 2.84. The standard InChI is InChI=1S/C13H13ClF3NO4S/c1-12(11(19)20)4-5-18(7-12)23(21,22)10-3-2-8(6-9(10)14)13(15,16)17/h2-3,6H,4-5,7H2,1H3,(H,19,20). The molecular weight excluding hydrogens is 359 g/mol. The monoisotopic (exact) mass is 371 g/mol. The quantitative estimate of drug-likeness (QED) is 0.886. The van der Waals surface area contributed by atoms with Gasteiger partial charge in [-0.3, -0.25) is 4.79 Å². The first kappa shape index (κ1) is 18.0. The average Bonchev–Trinajstić information content (AvgIpc) is 2.82. The minimum absolute atomic E-state index is 0.0392. The van der Waals surface area contributed by atoms with Crippen LogP contribution in [0.3, 0.4) is 0 Å². The van der Waals surface area contributed by atoms with Crippen LogP contribution in [0, 0.1) is 5.41 Å². The molecule has 0 amide bonds. The number of aliphatic carboxylic acids is 1. The Hall–Kier alpha value is -1.32. The van der Waals surface area contributed by atoms with E-state index in [2.05, 4.69) is 0 Å². The van der Waals surface area contributed by atoms with Crippen molar-refractivity contribution in [3.8, 4) is 0 Å². The van der Waals surface area contributed by atoms with Gasteiger partial charge in [-0.15, -0.1) is 0 Å². The van der Waals surface area contributed by atoms with Gasteiger partial charge in [-0.1, -0.05) is 11.6 Å². The van der Waals surface area contributed by atoms with Crippen molar-refractivity contribution in [3.05, 3.63) is 28.8 Å². The topological polar surface area (TPSA) is 74.7 Å². The van der Waals surface area contributed by atoms with Gasteiger partial charge in [0.1, 0.15) is 4.90 Å². The lowest BCUT2D eigenvalue weighted by Crippen LogP contribution is -2.35. The van der Waals surface area contributed by atoms with Crippen molar-refractivity contribution in [3.63, 3.8) is 0 Å². The van der Waals surface area contributed by atoms with Crippen molar-refractivity contribution in [2.45, 2.75) is 24.4 Å². The van der Waals surface area contributed by atoms with Gasteiger partial charge >= 0.3 is 12.1 Å². The summed E-state index contributed by atoms with van der Waals surface area (Å²) in [5.41, 5.74) is -2.29. The van der Waals surface area contributed by atoms with Crippen LogP contribution in [0.25, 0.3) is 0 Å². The second-order valence-electron chi connectivity index (χ2n) is 5.60. The molecule has 1 aromatic rings. The molecule has 1 aliphatic rings. The normalized spacial score (nSPS) is 23.2. The second-order valence-corrected chi connectivity index (χ2v) is 7.91. The lowest BCUT2D eigenvalue weighted by Gasteiger charge is -2.20. The van der Waals surface area contributed by atoms with Crippen molar-refractivity contribution in [2.24, 2.45) is 5.41 Å². The molecule has 0 saturated carbocycles. The SMILES string of the molecule is CC1(C(=O)O)CCN(S(=O)(=O)c2ccc(C(F)(F)F)cc2Cl)C1. The van der Waals surface area contributed by atoms with Gasteiger partial charge in [0.05, 0.1) is 16.0 Å². The molecule has 23 heavy (non-hydrogen) atoms. The predicted molar refractivity (Wildman–Crippen MR) is 75.6 cm³/mol. The van der Waals surface area contributed by atoms with Crippen molar-refractivity contribution in [1.29, 1.82) is 0 Å². The molecule has 1 aromatic carbocycles. The van der Waals surface area contributed by atoms with Gasteiger partial charge in [-0.2, -0.15) is 17.5 Å². The minimum atomic E-state index is -4.64. The number of nitrogens with zero attached hydrogens (tertiary/aromatic N) is 1. The molecule has 1 saturated heterocycles. The number of sulfonamides is 1. The third-order valence-corrected chi connectivity index (χ3v) is 6.16. The van der Waals surface area contributed by atoms with Crippen LogP contribution in [0.4, 0.5) is 13.2 Å². The minimum Gasteiger partial charge on any atom is -0.481 e. The fourth-order valence-electron chi connectivity index (χ4n) is 2.32. The Morgan fingerprint density at radius 1 is 1.39 bits per heavy atom. The van der Waals surface area contributed by atoms with Gasteiger partial charge in [0.15, 0.2) is 0 Å². The first-order valence-corrected chi connectivity index (χ1v) is 8.30. The van der Waals surface area contributed by atoms with Gasteiger partial charge in [0.2, 0.25) is 10.0 Å². The van der Waals surface area contributed by atoms with E-state index in [1.807, 2.05) is 0 Å². The highest BCUT2D eigenvalue weighted by molar-refractivity contribution is 7.89. The summed E-state index contributed by atoms with van der Waals surface area (Å²) in [5, 5.41) is 8.58.